The molecule has 0 aromatic heterocycles. The summed E-state index contributed by atoms with van der Waals surface area (Å²) in [6.45, 7) is 3.56. The molecule has 9 heteroatoms. The zero-order valence-corrected chi connectivity index (χ0v) is 14.8. The second kappa shape index (κ2) is 10.4. The summed E-state index contributed by atoms with van der Waals surface area (Å²) in [4.78, 5) is 11.7. The van der Waals surface area contributed by atoms with Crippen molar-refractivity contribution in [3.05, 3.63) is 0 Å². The number of carbonyl (C=O) groups is 1. The van der Waals surface area contributed by atoms with Crippen molar-refractivity contribution in [2.45, 2.75) is 57.7 Å². The normalized spacial score (nSPS) is 22.2. The summed E-state index contributed by atoms with van der Waals surface area (Å²) >= 11 is 0. The third-order valence-corrected chi connectivity index (χ3v) is 4.68. The Morgan fingerprint density at radius 1 is 1.27 bits per heavy atom. The standard InChI is InChI=1S/C13H27N3O4S.ClH/c1-10(2)20-7-8-21(18,19)15-9-13(17)16-12-5-3-11(14)4-6-12;/h10-12,15H,3-9,14H2,1-2H3,(H,16,17);1H. The van der Waals surface area contributed by atoms with Crippen LogP contribution >= 0.6 is 12.4 Å². The first-order valence-electron chi connectivity index (χ1n) is 7.42. The quantitative estimate of drug-likeness (QED) is 0.572. The van der Waals surface area contributed by atoms with Crippen LogP contribution in [0.25, 0.3) is 0 Å². The molecule has 7 nitrogen and oxygen atoms in total. The van der Waals surface area contributed by atoms with Crippen molar-refractivity contribution in [2.24, 2.45) is 5.73 Å². The van der Waals surface area contributed by atoms with E-state index in [1.807, 2.05) is 13.8 Å². The number of nitrogens with one attached hydrogen (secondary N) is 2. The molecule has 0 aromatic carbocycles. The molecule has 4 N–H and O–H groups in total. The molecular weight excluding hydrogens is 330 g/mol. The van der Waals surface area contributed by atoms with Gasteiger partial charge in [-0.15, -0.1) is 12.4 Å². The SMILES string of the molecule is CC(C)OCCS(=O)(=O)NCC(=O)NC1CCC(N)CC1.Cl. The molecular formula is C13H28ClN3O4S. The Morgan fingerprint density at radius 3 is 2.41 bits per heavy atom. The van der Waals surface area contributed by atoms with Gasteiger partial charge in [0.25, 0.3) is 0 Å². The fourth-order valence-electron chi connectivity index (χ4n) is 2.18. The van der Waals surface area contributed by atoms with Gasteiger partial charge in [0.15, 0.2) is 0 Å². The van der Waals surface area contributed by atoms with Gasteiger partial charge in [-0.25, -0.2) is 13.1 Å². The van der Waals surface area contributed by atoms with Crippen LogP contribution in [0.5, 0.6) is 0 Å². The monoisotopic (exact) mass is 357 g/mol. The summed E-state index contributed by atoms with van der Waals surface area (Å²) in [6, 6.07) is 0.323. The summed E-state index contributed by atoms with van der Waals surface area (Å²) in [5.41, 5.74) is 5.79. The van der Waals surface area contributed by atoms with E-state index in [9.17, 15) is 13.2 Å². The van der Waals surface area contributed by atoms with Gasteiger partial charge in [-0.05, 0) is 39.5 Å². The maximum atomic E-state index is 11.7. The van der Waals surface area contributed by atoms with Gasteiger partial charge in [0.1, 0.15) is 0 Å². The molecule has 0 bridgehead atoms. The van der Waals surface area contributed by atoms with E-state index in [1.54, 1.807) is 0 Å². The fraction of sp³-hybridized carbons (Fsp3) is 0.923. The van der Waals surface area contributed by atoms with E-state index in [1.165, 1.54) is 0 Å². The number of hydrogen-bond acceptors (Lipinski definition) is 5. The zero-order valence-electron chi connectivity index (χ0n) is 13.2. The first kappa shape index (κ1) is 21.6. The summed E-state index contributed by atoms with van der Waals surface area (Å²) in [5, 5.41) is 2.83. The molecule has 0 heterocycles. The van der Waals surface area contributed by atoms with Crippen LogP contribution in [-0.4, -0.2) is 51.4 Å². The first-order valence-corrected chi connectivity index (χ1v) is 9.07. The second-order valence-electron chi connectivity index (χ2n) is 5.74. The maximum absolute atomic E-state index is 11.7. The van der Waals surface area contributed by atoms with E-state index in [0.717, 1.165) is 25.7 Å². The van der Waals surface area contributed by atoms with Crippen LogP contribution in [0.4, 0.5) is 0 Å². The number of halogens is 1. The van der Waals surface area contributed by atoms with Crippen LogP contribution < -0.4 is 15.8 Å². The molecule has 0 spiro atoms. The second-order valence-corrected chi connectivity index (χ2v) is 7.67. The molecule has 0 radical (unpaired) electrons. The van der Waals surface area contributed by atoms with Gasteiger partial charge < -0.3 is 15.8 Å². The lowest BCUT2D eigenvalue weighted by molar-refractivity contribution is -0.120. The minimum absolute atomic E-state index is 0. The van der Waals surface area contributed by atoms with E-state index in [-0.39, 0.29) is 55.4 Å². The predicted octanol–water partition coefficient (Wildman–Crippen LogP) is 0.139. The van der Waals surface area contributed by atoms with Crippen molar-refractivity contribution in [1.82, 2.24) is 10.0 Å². The minimum atomic E-state index is -3.48. The topological polar surface area (TPSA) is 111 Å². The van der Waals surface area contributed by atoms with E-state index < -0.39 is 10.0 Å². The number of rotatable bonds is 8. The van der Waals surface area contributed by atoms with Crippen LogP contribution in [0.3, 0.4) is 0 Å². The van der Waals surface area contributed by atoms with Crippen LogP contribution in [0.1, 0.15) is 39.5 Å². The molecule has 1 amide bonds. The highest BCUT2D eigenvalue weighted by molar-refractivity contribution is 7.89. The third-order valence-electron chi connectivity index (χ3n) is 3.39. The van der Waals surface area contributed by atoms with Gasteiger partial charge in [0.2, 0.25) is 15.9 Å². The average molecular weight is 358 g/mol. The van der Waals surface area contributed by atoms with E-state index in [4.69, 9.17) is 10.5 Å². The van der Waals surface area contributed by atoms with Crippen molar-refractivity contribution in [3.63, 3.8) is 0 Å². The smallest absolute Gasteiger partial charge is 0.235 e. The number of nitrogens with two attached hydrogens (primary N) is 1. The van der Waals surface area contributed by atoms with Gasteiger partial charge in [-0.2, -0.15) is 0 Å². The molecule has 1 aliphatic carbocycles. The molecule has 0 atom stereocenters. The van der Waals surface area contributed by atoms with Crippen LogP contribution in [0.2, 0.25) is 0 Å². The molecule has 22 heavy (non-hydrogen) atoms. The number of sulfonamides is 1. The van der Waals surface area contributed by atoms with Crippen LogP contribution in [0, 0.1) is 0 Å². The molecule has 1 fully saturated rings. The van der Waals surface area contributed by atoms with Crippen molar-refractivity contribution in [2.75, 3.05) is 18.9 Å². The minimum Gasteiger partial charge on any atom is -0.378 e. The van der Waals surface area contributed by atoms with Crippen LogP contribution in [0.15, 0.2) is 0 Å². The zero-order chi connectivity index (χ0) is 15.9. The summed E-state index contributed by atoms with van der Waals surface area (Å²) in [5.74, 6) is -0.444. The Kier molecular flexibility index (Phi) is 10.2. The molecule has 1 saturated carbocycles. The fourth-order valence-corrected chi connectivity index (χ4v) is 2.99. The molecule has 0 saturated heterocycles. The molecule has 1 aliphatic rings. The van der Waals surface area contributed by atoms with Gasteiger partial charge >= 0.3 is 0 Å². The van der Waals surface area contributed by atoms with Crippen molar-refractivity contribution in [3.8, 4) is 0 Å². The van der Waals surface area contributed by atoms with Gasteiger partial charge in [-0.1, -0.05) is 0 Å². The summed E-state index contributed by atoms with van der Waals surface area (Å²) in [7, 11) is -3.48. The Bertz CT molecular complexity index is 423. The number of carbonyl (C=O) groups excluding carboxylic acids is 1. The average Bonchev–Trinajstić information content (AvgIpc) is 2.39. The van der Waals surface area contributed by atoms with Crippen molar-refractivity contribution < 1.29 is 17.9 Å². The highest BCUT2D eigenvalue weighted by atomic mass is 35.5. The van der Waals surface area contributed by atoms with Gasteiger partial charge in [0.05, 0.1) is 25.0 Å². The third kappa shape index (κ3) is 9.58. The van der Waals surface area contributed by atoms with E-state index >= 15 is 0 Å². The molecule has 0 aromatic rings. The number of amides is 1. The van der Waals surface area contributed by atoms with Crippen molar-refractivity contribution >= 4 is 28.3 Å². The van der Waals surface area contributed by atoms with Gasteiger partial charge in [-0.3, -0.25) is 4.79 Å². The highest BCUT2D eigenvalue weighted by Gasteiger charge is 2.20. The van der Waals surface area contributed by atoms with Crippen LogP contribution in [-0.2, 0) is 19.6 Å². The number of ether oxygens (including phenoxy) is 1. The Labute approximate surface area is 139 Å². The molecule has 0 unspecified atom stereocenters. The van der Waals surface area contributed by atoms with E-state index in [2.05, 4.69) is 10.0 Å². The number of hydrogen-bond donors (Lipinski definition) is 3. The predicted molar refractivity (Wildman–Crippen MR) is 88.5 cm³/mol. The molecule has 1 rings (SSSR count). The lowest BCUT2D eigenvalue weighted by Crippen LogP contribution is -2.45. The van der Waals surface area contributed by atoms with Gasteiger partial charge in [0, 0.05) is 12.1 Å². The lowest BCUT2D eigenvalue weighted by atomic mass is 9.92. The Hall–Kier alpha value is -0.410. The van der Waals surface area contributed by atoms with E-state index in [0.29, 0.717) is 0 Å². The van der Waals surface area contributed by atoms with Crippen molar-refractivity contribution in [1.29, 1.82) is 0 Å². The summed E-state index contributed by atoms with van der Waals surface area (Å²) < 4.78 is 30.8. The lowest BCUT2D eigenvalue weighted by Gasteiger charge is -2.26. The molecule has 0 aliphatic heterocycles. The molecule has 132 valence electrons. The Balaban J connectivity index is 0.00000441. The Morgan fingerprint density at radius 2 is 1.86 bits per heavy atom. The maximum Gasteiger partial charge on any atom is 0.235 e. The first-order chi connectivity index (χ1) is 9.78. The highest BCUT2D eigenvalue weighted by Crippen LogP contribution is 2.16. The largest absolute Gasteiger partial charge is 0.378 e. The summed E-state index contributed by atoms with van der Waals surface area (Å²) in [6.07, 6.45) is 3.47.